The average molecular weight is 277 g/mol. The second-order valence-electron chi connectivity index (χ2n) is 5.52. The number of thioether (sulfide) groups is 1. The summed E-state index contributed by atoms with van der Waals surface area (Å²) in [7, 11) is 0. The normalized spacial score (nSPS) is 30.2. The van der Waals surface area contributed by atoms with E-state index >= 15 is 0 Å². The molecule has 0 bridgehead atoms. The van der Waals surface area contributed by atoms with E-state index in [1.54, 1.807) is 11.8 Å². The standard InChI is InChI=1S/C15H19NO2S/c1-10-8-16(7-6-13(10)17)15(18)12-9-19-14-5-3-2-4-11(12)14/h2-5,10,12-13,17H,6-9H2,1H3. The molecule has 4 heteroatoms. The number of carbonyl (C=O) groups excluding carboxylic acids is 1. The van der Waals surface area contributed by atoms with Crippen LogP contribution in [0.3, 0.4) is 0 Å². The van der Waals surface area contributed by atoms with Crippen molar-refractivity contribution in [1.29, 1.82) is 0 Å². The highest BCUT2D eigenvalue weighted by molar-refractivity contribution is 7.99. The van der Waals surface area contributed by atoms with Crippen molar-refractivity contribution in [3.8, 4) is 0 Å². The Bertz CT molecular complexity index is 491. The fourth-order valence-electron chi connectivity index (χ4n) is 2.92. The van der Waals surface area contributed by atoms with Crippen LogP contribution in [0.15, 0.2) is 29.2 Å². The second kappa shape index (κ2) is 5.17. The number of likely N-dealkylation sites (tertiary alicyclic amines) is 1. The van der Waals surface area contributed by atoms with Crippen LogP contribution in [0.25, 0.3) is 0 Å². The summed E-state index contributed by atoms with van der Waals surface area (Å²) in [6, 6.07) is 8.20. The first-order valence-corrected chi connectivity index (χ1v) is 7.84. The van der Waals surface area contributed by atoms with Crippen LogP contribution >= 0.6 is 11.8 Å². The van der Waals surface area contributed by atoms with E-state index < -0.39 is 0 Å². The molecule has 1 aromatic carbocycles. The van der Waals surface area contributed by atoms with Crippen LogP contribution in [0.5, 0.6) is 0 Å². The molecule has 2 aliphatic heterocycles. The Labute approximate surface area is 118 Å². The van der Waals surface area contributed by atoms with Crippen molar-refractivity contribution in [3.63, 3.8) is 0 Å². The Morgan fingerprint density at radius 1 is 1.42 bits per heavy atom. The van der Waals surface area contributed by atoms with Gasteiger partial charge >= 0.3 is 0 Å². The molecule has 3 nitrogen and oxygen atoms in total. The molecule has 1 amide bonds. The number of carbonyl (C=O) groups is 1. The summed E-state index contributed by atoms with van der Waals surface area (Å²) < 4.78 is 0. The highest BCUT2D eigenvalue weighted by Gasteiger charge is 2.35. The lowest BCUT2D eigenvalue weighted by molar-refractivity contribution is -0.135. The number of nitrogens with zero attached hydrogens (tertiary/aromatic N) is 1. The summed E-state index contributed by atoms with van der Waals surface area (Å²) >= 11 is 1.77. The molecule has 0 saturated carbocycles. The highest BCUT2D eigenvalue weighted by atomic mass is 32.2. The molecule has 2 heterocycles. The van der Waals surface area contributed by atoms with Crippen molar-refractivity contribution >= 4 is 17.7 Å². The maximum absolute atomic E-state index is 12.6. The van der Waals surface area contributed by atoms with Gasteiger partial charge in [-0.2, -0.15) is 0 Å². The van der Waals surface area contributed by atoms with Crippen molar-refractivity contribution in [1.82, 2.24) is 4.90 Å². The average Bonchev–Trinajstić information content (AvgIpc) is 2.85. The Morgan fingerprint density at radius 3 is 3.00 bits per heavy atom. The summed E-state index contributed by atoms with van der Waals surface area (Å²) in [5.41, 5.74) is 1.18. The third-order valence-electron chi connectivity index (χ3n) is 4.17. The van der Waals surface area contributed by atoms with Crippen LogP contribution in [-0.4, -0.2) is 40.9 Å². The molecule has 1 saturated heterocycles. The number of amides is 1. The van der Waals surface area contributed by atoms with Gasteiger partial charge in [-0.05, 0) is 24.0 Å². The third-order valence-corrected chi connectivity index (χ3v) is 5.35. The van der Waals surface area contributed by atoms with E-state index in [4.69, 9.17) is 0 Å². The lowest BCUT2D eigenvalue weighted by Gasteiger charge is -2.35. The van der Waals surface area contributed by atoms with Gasteiger partial charge in [0.2, 0.25) is 5.91 Å². The topological polar surface area (TPSA) is 40.5 Å². The molecule has 1 N–H and O–H groups in total. The number of fused-ring (bicyclic) bond motifs is 1. The van der Waals surface area contributed by atoms with Crippen molar-refractivity contribution < 1.29 is 9.90 Å². The molecule has 3 rings (SSSR count). The summed E-state index contributed by atoms with van der Waals surface area (Å²) in [5, 5.41) is 9.76. The van der Waals surface area contributed by atoms with E-state index in [1.165, 1.54) is 10.5 Å². The smallest absolute Gasteiger partial charge is 0.231 e. The van der Waals surface area contributed by atoms with E-state index in [0.717, 1.165) is 5.75 Å². The van der Waals surface area contributed by atoms with Gasteiger partial charge in [-0.3, -0.25) is 4.79 Å². The van der Waals surface area contributed by atoms with E-state index in [2.05, 4.69) is 12.1 Å². The number of hydrogen-bond acceptors (Lipinski definition) is 3. The minimum absolute atomic E-state index is 0.00337. The maximum Gasteiger partial charge on any atom is 0.231 e. The molecule has 0 aromatic heterocycles. The minimum Gasteiger partial charge on any atom is -0.393 e. The van der Waals surface area contributed by atoms with Gasteiger partial charge in [-0.15, -0.1) is 11.8 Å². The number of rotatable bonds is 1. The predicted octanol–water partition coefficient (Wildman–Crippen LogP) is 2.11. The van der Waals surface area contributed by atoms with Crippen LogP contribution in [-0.2, 0) is 4.79 Å². The van der Waals surface area contributed by atoms with Crippen LogP contribution in [0, 0.1) is 5.92 Å². The molecule has 3 atom stereocenters. The van der Waals surface area contributed by atoms with Crippen LogP contribution < -0.4 is 0 Å². The quantitative estimate of drug-likeness (QED) is 0.854. The van der Waals surface area contributed by atoms with Gasteiger partial charge in [0.15, 0.2) is 0 Å². The Morgan fingerprint density at radius 2 is 2.21 bits per heavy atom. The predicted molar refractivity (Wildman–Crippen MR) is 76.3 cm³/mol. The molecule has 0 radical (unpaired) electrons. The largest absolute Gasteiger partial charge is 0.393 e. The summed E-state index contributed by atoms with van der Waals surface area (Å²) in [6.07, 6.45) is 0.448. The summed E-state index contributed by atoms with van der Waals surface area (Å²) in [6.45, 7) is 3.39. The van der Waals surface area contributed by atoms with E-state index in [0.29, 0.717) is 19.5 Å². The Hall–Kier alpha value is -1.00. The van der Waals surface area contributed by atoms with Gasteiger partial charge in [-0.25, -0.2) is 0 Å². The minimum atomic E-state index is -0.255. The number of aliphatic hydroxyl groups excluding tert-OH is 1. The van der Waals surface area contributed by atoms with Crippen LogP contribution in [0.2, 0.25) is 0 Å². The zero-order valence-electron chi connectivity index (χ0n) is 11.1. The SMILES string of the molecule is CC1CN(C(=O)C2CSc3ccccc32)CCC1O. The summed E-state index contributed by atoms with van der Waals surface area (Å²) in [4.78, 5) is 15.8. The van der Waals surface area contributed by atoms with Crippen molar-refractivity contribution in [2.75, 3.05) is 18.8 Å². The van der Waals surface area contributed by atoms with Gasteiger partial charge in [0.25, 0.3) is 0 Å². The molecular formula is C15H19NO2S. The van der Waals surface area contributed by atoms with Crippen LogP contribution in [0.4, 0.5) is 0 Å². The van der Waals surface area contributed by atoms with Crippen molar-refractivity contribution in [2.24, 2.45) is 5.92 Å². The zero-order valence-corrected chi connectivity index (χ0v) is 11.9. The monoisotopic (exact) mass is 277 g/mol. The van der Waals surface area contributed by atoms with Gasteiger partial charge < -0.3 is 10.0 Å². The van der Waals surface area contributed by atoms with Gasteiger partial charge in [0, 0.05) is 23.7 Å². The molecule has 102 valence electrons. The van der Waals surface area contributed by atoms with E-state index in [1.807, 2.05) is 24.0 Å². The van der Waals surface area contributed by atoms with Crippen LogP contribution in [0.1, 0.15) is 24.8 Å². The molecule has 1 aromatic rings. The zero-order chi connectivity index (χ0) is 13.4. The van der Waals surface area contributed by atoms with Gasteiger partial charge in [-0.1, -0.05) is 25.1 Å². The van der Waals surface area contributed by atoms with Gasteiger partial charge in [0.1, 0.15) is 0 Å². The molecule has 0 spiro atoms. The molecule has 1 fully saturated rings. The first-order valence-electron chi connectivity index (χ1n) is 6.85. The fraction of sp³-hybridized carbons (Fsp3) is 0.533. The lowest BCUT2D eigenvalue weighted by atomic mass is 9.94. The molecular weight excluding hydrogens is 258 g/mol. The van der Waals surface area contributed by atoms with E-state index in [-0.39, 0.29) is 23.8 Å². The Kier molecular flexibility index (Phi) is 3.54. The third kappa shape index (κ3) is 2.39. The number of hydrogen-bond donors (Lipinski definition) is 1. The number of aliphatic hydroxyl groups is 1. The first kappa shape index (κ1) is 13.0. The Balaban J connectivity index is 1.75. The maximum atomic E-state index is 12.6. The summed E-state index contributed by atoms with van der Waals surface area (Å²) in [5.74, 6) is 1.27. The molecule has 0 aliphatic carbocycles. The first-order chi connectivity index (χ1) is 9.16. The lowest BCUT2D eigenvalue weighted by Crippen LogP contribution is -2.46. The van der Waals surface area contributed by atoms with E-state index in [9.17, 15) is 9.90 Å². The fourth-order valence-corrected chi connectivity index (χ4v) is 4.14. The highest BCUT2D eigenvalue weighted by Crippen LogP contribution is 2.40. The number of piperidine rings is 1. The van der Waals surface area contributed by atoms with Crippen molar-refractivity contribution in [2.45, 2.75) is 30.3 Å². The number of benzene rings is 1. The molecule has 2 aliphatic rings. The second-order valence-corrected chi connectivity index (χ2v) is 6.58. The molecule has 3 unspecified atom stereocenters. The molecule has 19 heavy (non-hydrogen) atoms. The van der Waals surface area contributed by atoms with Crippen molar-refractivity contribution in [3.05, 3.63) is 29.8 Å². The van der Waals surface area contributed by atoms with Gasteiger partial charge in [0.05, 0.1) is 12.0 Å².